The zero-order valence-corrected chi connectivity index (χ0v) is 11.1. The first kappa shape index (κ1) is 12.3. The minimum atomic E-state index is -0.734. The van der Waals surface area contributed by atoms with Crippen LogP contribution in [0, 0.1) is 0 Å². The Kier molecular flexibility index (Phi) is 3.33. The van der Waals surface area contributed by atoms with E-state index in [0.717, 1.165) is 4.90 Å². The number of fused-ring (bicyclic) bond motifs is 1. The van der Waals surface area contributed by atoms with Crippen molar-refractivity contribution in [1.82, 2.24) is 0 Å². The van der Waals surface area contributed by atoms with Crippen LogP contribution in [0.5, 0.6) is 0 Å². The number of aliphatic carboxylic acids is 1. The number of anilines is 1. The lowest BCUT2D eigenvalue weighted by molar-refractivity contribution is -0.136. The molecule has 0 aliphatic carbocycles. The molecule has 1 unspecified atom stereocenters. The molecule has 0 saturated carbocycles. The van der Waals surface area contributed by atoms with Crippen molar-refractivity contribution < 1.29 is 9.90 Å². The highest BCUT2D eigenvalue weighted by molar-refractivity contribution is 8.00. The van der Waals surface area contributed by atoms with Crippen molar-refractivity contribution >= 4 is 23.4 Å². The zero-order valence-electron chi connectivity index (χ0n) is 10.3. The number of nitrogens with zero attached hydrogens (tertiary/aromatic N) is 1. The molecule has 0 saturated heterocycles. The molecule has 1 atom stereocenters. The van der Waals surface area contributed by atoms with Gasteiger partial charge in [0.2, 0.25) is 0 Å². The largest absolute Gasteiger partial charge is 0.480 e. The third-order valence-electron chi connectivity index (χ3n) is 3.02. The first-order valence-electron chi connectivity index (χ1n) is 5.74. The monoisotopic (exact) mass is 251 g/mol. The van der Waals surface area contributed by atoms with Crippen molar-refractivity contribution in [3.8, 4) is 0 Å². The number of rotatable bonds is 2. The molecular formula is C13H17NO2S. The summed E-state index contributed by atoms with van der Waals surface area (Å²) in [6.45, 7) is 4.89. The Balaban J connectivity index is 2.44. The Labute approximate surface area is 106 Å². The molecule has 1 aliphatic heterocycles. The summed E-state index contributed by atoms with van der Waals surface area (Å²) in [6.07, 6.45) is 0. The smallest absolute Gasteiger partial charge is 0.318 e. The number of carboxylic acid groups (broad SMARTS) is 1. The minimum absolute atomic E-state index is 0.366. The molecule has 1 aromatic carbocycles. The molecule has 1 aliphatic rings. The van der Waals surface area contributed by atoms with Crippen LogP contribution in [0.2, 0.25) is 0 Å². The molecule has 0 fully saturated rings. The highest BCUT2D eigenvalue weighted by Crippen LogP contribution is 2.42. The van der Waals surface area contributed by atoms with Crippen LogP contribution in [-0.2, 0) is 4.79 Å². The van der Waals surface area contributed by atoms with Gasteiger partial charge in [0.25, 0.3) is 0 Å². The Bertz CT molecular complexity index is 445. The number of hydrogen-bond donors (Lipinski definition) is 1. The summed E-state index contributed by atoms with van der Waals surface area (Å²) in [5.41, 5.74) is 2.49. The summed E-state index contributed by atoms with van der Waals surface area (Å²) in [7, 11) is 1.97. The van der Waals surface area contributed by atoms with Crippen molar-refractivity contribution in [3.05, 3.63) is 23.8 Å². The fraction of sp³-hybridized carbons (Fsp3) is 0.462. The molecule has 1 heterocycles. The summed E-state index contributed by atoms with van der Waals surface area (Å²) in [5, 5.41) is 8.75. The fourth-order valence-electron chi connectivity index (χ4n) is 2.17. The number of benzene rings is 1. The van der Waals surface area contributed by atoms with Crippen molar-refractivity contribution in [3.63, 3.8) is 0 Å². The van der Waals surface area contributed by atoms with E-state index in [1.807, 2.05) is 19.2 Å². The first-order valence-corrected chi connectivity index (χ1v) is 6.62. The molecule has 92 valence electrons. The van der Waals surface area contributed by atoms with Gasteiger partial charge in [-0.25, -0.2) is 0 Å². The second-order valence-electron chi connectivity index (χ2n) is 4.67. The Morgan fingerprint density at radius 2 is 2.24 bits per heavy atom. The van der Waals surface area contributed by atoms with Gasteiger partial charge < -0.3 is 10.0 Å². The molecule has 1 N–H and O–H groups in total. The lowest BCUT2D eigenvalue weighted by Crippen LogP contribution is -2.36. The normalized spacial score (nSPS) is 19.3. The van der Waals surface area contributed by atoms with E-state index in [1.54, 1.807) is 0 Å². The SMILES string of the molecule is CC(C)c1cccc2c1N(C)CC(C(=O)O)S2. The fourth-order valence-corrected chi connectivity index (χ4v) is 3.42. The predicted octanol–water partition coefficient (Wildman–Crippen LogP) is 2.81. The van der Waals surface area contributed by atoms with Gasteiger partial charge in [-0.05, 0) is 17.5 Å². The third-order valence-corrected chi connectivity index (χ3v) is 4.24. The van der Waals surface area contributed by atoms with Crippen molar-refractivity contribution in [2.45, 2.75) is 29.9 Å². The van der Waals surface area contributed by atoms with Gasteiger partial charge in [-0.1, -0.05) is 26.0 Å². The van der Waals surface area contributed by atoms with Gasteiger partial charge in [0.05, 0.1) is 5.69 Å². The van der Waals surface area contributed by atoms with Gasteiger partial charge in [0.15, 0.2) is 0 Å². The number of carboxylic acids is 1. The molecule has 0 radical (unpaired) electrons. The van der Waals surface area contributed by atoms with Crippen LogP contribution in [0.3, 0.4) is 0 Å². The van der Waals surface area contributed by atoms with E-state index in [4.69, 9.17) is 5.11 Å². The van der Waals surface area contributed by atoms with Crippen LogP contribution in [0.15, 0.2) is 23.1 Å². The molecule has 0 aromatic heterocycles. The Morgan fingerprint density at radius 1 is 1.53 bits per heavy atom. The van der Waals surface area contributed by atoms with E-state index in [0.29, 0.717) is 12.5 Å². The first-order chi connectivity index (χ1) is 8.00. The standard InChI is InChI=1S/C13H17NO2S/c1-8(2)9-5-4-6-10-12(9)14(3)7-11(17-10)13(15)16/h4-6,8,11H,7H2,1-3H3,(H,15,16). The van der Waals surface area contributed by atoms with Crippen LogP contribution in [-0.4, -0.2) is 29.9 Å². The average Bonchev–Trinajstić information content (AvgIpc) is 2.27. The molecule has 2 rings (SSSR count). The molecule has 0 bridgehead atoms. The highest BCUT2D eigenvalue weighted by atomic mass is 32.2. The number of carbonyl (C=O) groups is 1. The van der Waals surface area contributed by atoms with Gasteiger partial charge in [-0.3, -0.25) is 4.79 Å². The Hall–Kier alpha value is -1.16. The van der Waals surface area contributed by atoms with Gasteiger partial charge in [-0.15, -0.1) is 11.8 Å². The molecule has 17 heavy (non-hydrogen) atoms. The van der Waals surface area contributed by atoms with E-state index in [1.165, 1.54) is 23.0 Å². The van der Waals surface area contributed by atoms with E-state index in [2.05, 4.69) is 24.8 Å². The lowest BCUT2D eigenvalue weighted by Gasteiger charge is -2.33. The number of para-hydroxylation sites is 1. The van der Waals surface area contributed by atoms with Crippen LogP contribution < -0.4 is 4.90 Å². The minimum Gasteiger partial charge on any atom is -0.480 e. The third kappa shape index (κ3) is 2.27. The summed E-state index contributed by atoms with van der Waals surface area (Å²) < 4.78 is 0. The maximum atomic E-state index is 11.1. The average molecular weight is 251 g/mol. The van der Waals surface area contributed by atoms with Gasteiger partial charge in [0.1, 0.15) is 5.25 Å². The molecule has 3 nitrogen and oxygen atoms in total. The van der Waals surface area contributed by atoms with Gasteiger partial charge >= 0.3 is 5.97 Å². The van der Waals surface area contributed by atoms with Crippen LogP contribution >= 0.6 is 11.8 Å². The molecule has 0 amide bonds. The van der Waals surface area contributed by atoms with Gasteiger partial charge in [0, 0.05) is 18.5 Å². The second-order valence-corrected chi connectivity index (χ2v) is 5.92. The zero-order chi connectivity index (χ0) is 12.6. The second kappa shape index (κ2) is 4.61. The highest BCUT2D eigenvalue weighted by Gasteiger charge is 2.29. The van der Waals surface area contributed by atoms with E-state index >= 15 is 0 Å². The van der Waals surface area contributed by atoms with E-state index in [9.17, 15) is 4.79 Å². The van der Waals surface area contributed by atoms with Crippen molar-refractivity contribution in [2.75, 3.05) is 18.5 Å². The topological polar surface area (TPSA) is 40.5 Å². The maximum absolute atomic E-state index is 11.1. The number of thioether (sulfide) groups is 1. The van der Waals surface area contributed by atoms with Crippen LogP contribution in [0.1, 0.15) is 25.3 Å². The summed E-state index contributed by atoms with van der Waals surface area (Å²) >= 11 is 1.46. The van der Waals surface area contributed by atoms with Crippen molar-refractivity contribution in [2.24, 2.45) is 0 Å². The van der Waals surface area contributed by atoms with Crippen molar-refractivity contribution in [1.29, 1.82) is 0 Å². The van der Waals surface area contributed by atoms with Crippen LogP contribution in [0.25, 0.3) is 0 Å². The van der Waals surface area contributed by atoms with Gasteiger partial charge in [-0.2, -0.15) is 0 Å². The summed E-state index contributed by atoms with van der Waals surface area (Å²) in [6, 6.07) is 6.15. The lowest BCUT2D eigenvalue weighted by atomic mass is 10.0. The molecule has 4 heteroatoms. The quantitative estimate of drug-likeness (QED) is 0.877. The molecule has 0 spiro atoms. The molecule has 1 aromatic rings. The molecular weight excluding hydrogens is 234 g/mol. The van der Waals surface area contributed by atoms with E-state index < -0.39 is 5.97 Å². The van der Waals surface area contributed by atoms with Crippen LogP contribution in [0.4, 0.5) is 5.69 Å². The summed E-state index contributed by atoms with van der Waals surface area (Å²) in [4.78, 5) is 14.2. The summed E-state index contributed by atoms with van der Waals surface area (Å²) in [5.74, 6) is -0.281. The maximum Gasteiger partial charge on any atom is 0.318 e. The Morgan fingerprint density at radius 3 is 2.82 bits per heavy atom. The number of hydrogen-bond acceptors (Lipinski definition) is 3. The predicted molar refractivity (Wildman–Crippen MR) is 71.1 cm³/mol. The van der Waals surface area contributed by atoms with E-state index in [-0.39, 0.29) is 5.25 Å².